The highest BCUT2D eigenvalue weighted by molar-refractivity contribution is 6.74. The van der Waals surface area contributed by atoms with Crippen molar-refractivity contribution < 1.29 is 9.53 Å². The summed E-state index contributed by atoms with van der Waals surface area (Å²) in [5, 5.41) is 10.1. The molecular weight excluding hydrogens is 264 g/mol. The topological polar surface area (TPSA) is 29.5 Å². The molecule has 0 unspecified atom stereocenters. The predicted octanol–water partition coefficient (Wildman–Crippen LogP) is 4.61. The Kier molecular flexibility index (Phi) is 5.59. The molecule has 3 heteroatoms. The van der Waals surface area contributed by atoms with Gasteiger partial charge < -0.3 is 9.53 Å². The lowest BCUT2D eigenvalue weighted by molar-refractivity contribution is 0.197. The van der Waals surface area contributed by atoms with E-state index in [1.807, 2.05) is 13.0 Å². The molecule has 0 spiro atoms. The van der Waals surface area contributed by atoms with E-state index >= 15 is 0 Å². The van der Waals surface area contributed by atoms with Crippen molar-refractivity contribution in [3.05, 3.63) is 34.9 Å². The number of hydrogen-bond acceptors (Lipinski definition) is 2. The molecule has 20 heavy (non-hydrogen) atoms. The molecule has 2 nitrogen and oxygen atoms in total. The van der Waals surface area contributed by atoms with E-state index in [0.29, 0.717) is 0 Å². The molecule has 1 N–H and O–H groups in total. The standard InChI is InChI=1S/C17H30O2Si/c1-13-8-9-16(14(2)18)15(12-13)10-11-19-20(6,7)17(3,4)5/h8-9,12,14,18H,10-11H2,1-7H3/t14-/m1/s1. The lowest BCUT2D eigenvalue weighted by Gasteiger charge is -2.36. The minimum absolute atomic E-state index is 0.243. The quantitative estimate of drug-likeness (QED) is 0.803. The maximum absolute atomic E-state index is 9.85. The van der Waals surface area contributed by atoms with Gasteiger partial charge in [0.15, 0.2) is 8.32 Å². The Labute approximate surface area is 125 Å². The van der Waals surface area contributed by atoms with Crippen molar-refractivity contribution in [3.8, 4) is 0 Å². The lowest BCUT2D eigenvalue weighted by atomic mass is 9.99. The summed E-state index contributed by atoms with van der Waals surface area (Å²) in [4.78, 5) is 0. The van der Waals surface area contributed by atoms with E-state index in [9.17, 15) is 5.11 Å². The molecule has 1 rings (SSSR count). The van der Waals surface area contributed by atoms with Gasteiger partial charge in [-0.25, -0.2) is 0 Å². The summed E-state index contributed by atoms with van der Waals surface area (Å²) >= 11 is 0. The van der Waals surface area contributed by atoms with E-state index in [1.54, 1.807) is 0 Å². The molecule has 1 atom stereocenters. The van der Waals surface area contributed by atoms with Crippen LogP contribution in [-0.4, -0.2) is 20.0 Å². The van der Waals surface area contributed by atoms with Gasteiger partial charge in [-0.15, -0.1) is 0 Å². The van der Waals surface area contributed by atoms with Crippen molar-refractivity contribution >= 4 is 8.32 Å². The van der Waals surface area contributed by atoms with Crippen LogP contribution in [0.1, 0.15) is 50.5 Å². The van der Waals surface area contributed by atoms with Gasteiger partial charge in [-0.2, -0.15) is 0 Å². The van der Waals surface area contributed by atoms with Crippen LogP contribution in [0.5, 0.6) is 0 Å². The van der Waals surface area contributed by atoms with Crippen LogP contribution >= 0.6 is 0 Å². The largest absolute Gasteiger partial charge is 0.416 e. The van der Waals surface area contributed by atoms with E-state index in [0.717, 1.165) is 18.6 Å². The van der Waals surface area contributed by atoms with Crippen LogP contribution in [0.2, 0.25) is 18.1 Å². The van der Waals surface area contributed by atoms with E-state index in [-0.39, 0.29) is 5.04 Å². The molecule has 0 aromatic heterocycles. The van der Waals surface area contributed by atoms with Crippen LogP contribution < -0.4 is 0 Å². The average molecular weight is 295 g/mol. The molecule has 0 saturated carbocycles. The third-order valence-corrected chi connectivity index (χ3v) is 8.93. The smallest absolute Gasteiger partial charge is 0.191 e. The van der Waals surface area contributed by atoms with Crippen molar-refractivity contribution in [1.29, 1.82) is 0 Å². The molecule has 0 bridgehead atoms. The Hall–Kier alpha value is -0.643. The number of aryl methyl sites for hydroxylation is 1. The lowest BCUT2D eigenvalue weighted by Crippen LogP contribution is -2.41. The van der Waals surface area contributed by atoms with Gasteiger partial charge in [0.25, 0.3) is 0 Å². The second-order valence-corrected chi connectivity index (χ2v) is 12.0. The summed E-state index contributed by atoms with van der Waals surface area (Å²) in [6.45, 7) is 16.0. The molecule has 0 fully saturated rings. The minimum atomic E-state index is -1.68. The summed E-state index contributed by atoms with van der Waals surface area (Å²) < 4.78 is 6.23. The molecule has 0 amide bonds. The van der Waals surface area contributed by atoms with Gasteiger partial charge in [0, 0.05) is 6.61 Å². The van der Waals surface area contributed by atoms with E-state index in [2.05, 4.69) is 52.9 Å². The normalized spacial score (nSPS) is 14.4. The van der Waals surface area contributed by atoms with Crippen molar-refractivity contribution in [3.63, 3.8) is 0 Å². The van der Waals surface area contributed by atoms with Crippen LogP contribution in [-0.2, 0) is 10.8 Å². The summed E-state index contributed by atoms with van der Waals surface area (Å²) in [5.41, 5.74) is 3.46. The van der Waals surface area contributed by atoms with E-state index in [4.69, 9.17) is 4.43 Å². The number of aliphatic hydroxyl groups is 1. The Balaban J connectivity index is 2.74. The fourth-order valence-corrected chi connectivity index (χ4v) is 3.04. The van der Waals surface area contributed by atoms with E-state index < -0.39 is 14.4 Å². The first-order valence-electron chi connectivity index (χ1n) is 7.46. The first-order valence-corrected chi connectivity index (χ1v) is 10.4. The first-order chi connectivity index (χ1) is 9.04. The van der Waals surface area contributed by atoms with E-state index in [1.165, 1.54) is 11.1 Å². The van der Waals surface area contributed by atoms with Crippen LogP contribution in [0, 0.1) is 6.92 Å². The van der Waals surface area contributed by atoms with Gasteiger partial charge in [-0.1, -0.05) is 44.5 Å². The van der Waals surface area contributed by atoms with Crippen LogP contribution in [0.25, 0.3) is 0 Å². The Bertz CT molecular complexity index is 445. The molecule has 0 saturated heterocycles. The summed E-state index contributed by atoms with van der Waals surface area (Å²) in [7, 11) is -1.68. The second-order valence-electron chi connectivity index (χ2n) is 7.24. The highest BCUT2D eigenvalue weighted by Gasteiger charge is 2.36. The number of hydrogen-bond donors (Lipinski definition) is 1. The van der Waals surface area contributed by atoms with Crippen LogP contribution in [0.3, 0.4) is 0 Å². The number of aliphatic hydroxyl groups excluding tert-OH is 1. The molecule has 1 aromatic rings. The summed E-state index contributed by atoms with van der Waals surface area (Å²) in [6, 6.07) is 6.25. The van der Waals surface area contributed by atoms with Gasteiger partial charge >= 0.3 is 0 Å². The molecule has 114 valence electrons. The highest BCUT2D eigenvalue weighted by Crippen LogP contribution is 2.36. The van der Waals surface area contributed by atoms with Gasteiger partial charge in [-0.3, -0.25) is 0 Å². The van der Waals surface area contributed by atoms with Crippen LogP contribution in [0.4, 0.5) is 0 Å². The van der Waals surface area contributed by atoms with Gasteiger partial charge in [0.2, 0.25) is 0 Å². The summed E-state index contributed by atoms with van der Waals surface area (Å²) in [5.74, 6) is 0. The van der Waals surface area contributed by atoms with Crippen molar-refractivity contribution in [2.45, 2.75) is 65.3 Å². The zero-order valence-corrected chi connectivity index (χ0v) is 15.1. The molecule has 1 aromatic carbocycles. The monoisotopic (exact) mass is 294 g/mol. The maximum Gasteiger partial charge on any atom is 0.191 e. The third-order valence-electron chi connectivity index (χ3n) is 4.39. The molecule has 0 heterocycles. The Morgan fingerprint density at radius 1 is 1.25 bits per heavy atom. The first kappa shape index (κ1) is 17.4. The van der Waals surface area contributed by atoms with Gasteiger partial charge in [-0.05, 0) is 49.5 Å². The second kappa shape index (κ2) is 6.42. The van der Waals surface area contributed by atoms with Crippen molar-refractivity contribution in [1.82, 2.24) is 0 Å². The highest BCUT2D eigenvalue weighted by atomic mass is 28.4. The fraction of sp³-hybridized carbons (Fsp3) is 0.647. The van der Waals surface area contributed by atoms with Crippen molar-refractivity contribution in [2.75, 3.05) is 6.61 Å². The minimum Gasteiger partial charge on any atom is -0.416 e. The van der Waals surface area contributed by atoms with Gasteiger partial charge in [0.05, 0.1) is 6.10 Å². The third kappa shape index (κ3) is 4.44. The number of rotatable bonds is 5. The van der Waals surface area contributed by atoms with Crippen molar-refractivity contribution in [2.24, 2.45) is 0 Å². The molecule has 0 aliphatic heterocycles. The molecular formula is C17H30O2Si. The summed E-state index contributed by atoms with van der Waals surface area (Å²) in [6.07, 6.45) is 0.451. The number of benzene rings is 1. The Morgan fingerprint density at radius 3 is 2.35 bits per heavy atom. The molecule has 0 radical (unpaired) electrons. The SMILES string of the molecule is Cc1ccc([C@@H](C)O)c(CCO[Si](C)(C)C(C)(C)C)c1. The molecule has 0 aliphatic carbocycles. The van der Waals surface area contributed by atoms with Gasteiger partial charge in [0.1, 0.15) is 0 Å². The zero-order valence-electron chi connectivity index (χ0n) is 14.1. The fourth-order valence-electron chi connectivity index (χ4n) is 1.99. The zero-order chi connectivity index (χ0) is 15.6. The van der Waals surface area contributed by atoms with Crippen LogP contribution in [0.15, 0.2) is 18.2 Å². The molecule has 0 aliphatic rings. The predicted molar refractivity (Wildman–Crippen MR) is 88.7 cm³/mol. The average Bonchev–Trinajstić information content (AvgIpc) is 2.26. The Morgan fingerprint density at radius 2 is 1.85 bits per heavy atom. The maximum atomic E-state index is 9.85.